The second kappa shape index (κ2) is 15.9. The predicted molar refractivity (Wildman–Crippen MR) is 147 cm³/mol. The predicted octanol–water partition coefficient (Wildman–Crippen LogP) is -5.11. The molecule has 4 rings (SSSR count). The number of carbonyl (C=O) groups excluding carboxylic acids is 5. The average Bonchev–Trinajstić information content (AvgIpc) is 2.94. The Labute approximate surface area is 289 Å². The van der Waals surface area contributed by atoms with Crippen LogP contribution in [0.1, 0.15) is 6.92 Å². The quantitative estimate of drug-likeness (QED) is 0.0992. The molecule has 206 valence electrons. The number of carboxylic acids is 2. The first-order chi connectivity index (χ1) is 19.6. The van der Waals surface area contributed by atoms with Gasteiger partial charge in [-0.2, -0.15) is 10.2 Å². The van der Waals surface area contributed by atoms with Gasteiger partial charge in [0.25, 0.3) is 0 Å². The zero-order valence-corrected chi connectivity index (χ0v) is 27.3. The first-order valence-electron chi connectivity index (χ1n) is 11.9. The van der Waals surface area contributed by atoms with Crippen LogP contribution in [0, 0.1) is 0 Å². The van der Waals surface area contributed by atoms with Crippen molar-refractivity contribution in [3.63, 3.8) is 0 Å². The van der Waals surface area contributed by atoms with Crippen LogP contribution < -0.4 is 90.8 Å². The van der Waals surface area contributed by atoms with Crippen molar-refractivity contribution in [1.82, 2.24) is 0 Å². The molecular weight excluding hydrogens is 578 g/mol. The minimum Gasteiger partial charge on any atom is -0.545 e. The standard InChI is InChI=1S/C28H22N6O7.2Na/c1-15-12-21(14-23(25(15)36)27(39)40)34-32-19-8-4-17(5-9-19)30-28(41)29-16-2-6-18(7-3-16)31-33-20-10-11-24(35)22(13-20)26(37)38;;/h2-14,31-32H,1H3,(H,37,38)(H,39,40)(H2,29,30,41);;/q;2*+1/p-2. The topological polar surface area (TPSA) is 204 Å². The number of nitrogens with one attached hydrogen (secondary N) is 4. The van der Waals surface area contributed by atoms with E-state index in [-0.39, 0.29) is 76.1 Å². The molecule has 0 bridgehead atoms. The van der Waals surface area contributed by atoms with Crippen molar-refractivity contribution >= 4 is 63.7 Å². The van der Waals surface area contributed by atoms with Crippen LogP contribution in [0.4, 0.5) is 27.5 Å². The molecule has 15 heteroatoms. The Bertz CT molecular complexity index is 1640. The Morgan fingerprint density at radius 2 is 1.07 bits per heavy atom. The maximum absolute atomic E-state index is 12.4. The molecule has 0 saturated carbocycles. The smallest absolute Gasteiger partial charge is 0.545 e. The number of allylic oxidation sites excluding steroid dienone is 6. The van der Waals surface area contributed by atoms with E-state index in [1.54, 1.807) is 48.5 Å². The first-order valence-corrected chi connectivity index (χ1v) is 11.9. The Morgan fingerprint density at radius 1 is 0.628 bits per heavy atom. The number of carbonyl (C=O) groups is 5. The Morgan fingerprint density at radius 3 is 1.56 bits per heavy atom. The molecule has 2 aromatic rings. The van der Waals surface area contributed by atoms with Crippen molar-refractivity contribution < 1.29 is 93.3 Å². The van der Waals surface area contributed by atoms with E-state index in [0.717, 1.165) is 18.2 Å². The third kappa shape index (κ3) is 9.71. The Kier molecular flexibility index (Phi) is 13.0. The van der Waals surface area contributed by atoms with Crippen LogP contribution in [0.2, 0.25) is 0 Å². The average molecular weight is 598 g/mol. The first kappa shape index (κ1) is 35.1. The van der Waals surface area contributed by atoms with Crippen molar-refractivity contribution in [2.45, 2.75) is 6.92 Å². The summed E-state index contributed by atoms with van der Waals surface area (Å²) in [7, 11) is 0. The summed E-state index contributed by atoms with van der Waals surface area (Å²) in [4.78, 5) is 57.8. The molecular formula is C28H20N6Na2O7. The van der Waals surface area contributed by atoms with Gasteiger partial charge < -0.3 is 30.4 Å². The number of benzene rings is 2. The molecule has 0 aromatic heterocycles. The summed E-state index contributed by atoms with van der Waals surface area (Å²) in [5.74, 6) is -4.46. The van der Waals surface area contributed by atoms with Crippen LogP contribution in [0.5, 0.6) is 0 Å². The van der Waals surface area contributed by atoms with Gasteiger partial charge >= 0.3 is 65.1 Å². The molecule has 13 nitrogen and oxygen atoms in total. The monoisotopic (exact) mass is 598 g/mol. The van der Waals surface area contributed by atoms with Gasteiger partial charge in [-0.15, -0.1) is 0 Å². The van der Waals surface area contributed by atoms with Crippen LogP contribution in [0.3, 0.4) is 0 Å². The van der Waals surface area contributed by atoms with Crippen LogP contribution in [-0.4, -0.2) is 41.0 Å². The zero-order chi connectivity index (χ0) is 29.5. The van der Waals surface area contributed by atoms with E-state index in [2.05, 4.69) is 31.7 Å². The van der Waals surface area contributed by atoms with Gasteiger partial charge in [-0.3, -0.25) is 20.4 Å². The summed E-state index contributed by atoms with van der Waals surface area (Å²) in [5, 5.41) is 35.6. The number of hydrazone groups is 2. The molecule has 0 fully saturated rings. The molecule has 2 aromatic carbocycles. The van der Waals surface area contributed by atoms with Crippen LogP contribution >= 0.6 is 0 Å². The second-order valence-corrected chi connectivity index (χ2v) is 8.58. The van der Waals surface area contributed by atoms with Gasteiger partial charge in [0, 0.05) is 22.5 Å². The number of rotatable bonds is 8. The van der Waals surface area contributed by atoms with E-state index < -0.39 is 40.7 Å². The molecule has 0 atom stereocenters. The third-order valence-corrected chi connectivity index (χ3v) is 5.58. The van der Waals surface area contributed by atoms with Gasteiger partial charge in [0.15, 0.2) is 11.6 Å². The number of Topliss-reactive ketones (excluding diaryl/α,β-unsaturated/α-hetero) is 1. The van der Waals surface area contributed by atoms with Gasteiger partial charge in [0.2, 0.25) is 0 Å². The van der Waals surface area contributed by atoms with Crippen LogP contribution in [-0.2, 0) is 19.2 Å². The Hall–Kier alpha value is -4.11. The number of anilines is 4. The van der Waals surface area contributed by atoms with Crippen LogP contribution in [0.15, 0.2) is 106 Å². The van der Waals surface area contributed by atoms with Crippen molar-refractivity contribution in [2.24, 2.45) is 10.2 Å². The summed E-state index contributed by atoms with van der Waals surface area (Å²) < 4.78 is 0. The molecule has 0 spiro atoms. The second-order valence-electron chi connectivity index (χ2n) is 8.58. The van der Waals surface area contributed by atoms with E-state index >= 15 is 0 Å². The maximum Gasteiger partial charge on any atom is 1.00 e. The SMILES string of the molecule is CC1=CC(=NNc2ccc(NC(=O)Nc3ccc(NN=C4C=CC(=O)C(C(=O)[O-])=C4)cc3)cc2)C=C(C(=O)[O-])C1=O.[Na+].[Na+]. The van der Waals surface area contributed by atoms with Gasteiger partial charge in [-0.1, -0.05) is 0 Å². The van der Waals surface area contributed by atoms with Crippen LogP contribution in [0.25, 0.3) is 0 Å². The van der Waals surface area contributed by atoms with Crippen molar-refractivity contribution in [1.29, 1.82) is 0 Å². The normalized spacial score (nSPS) is 15.7. The number of hydrogen-bond donors (Lipinski definition) is 4. The molecule has 2 aliphatic carbocycles. The van der Waals surface area contributed by atoms with Gasteiger partial charge in [0.1, 0.15) is 0 Å². The van der Waals surface area contributed by atoms with Gasteiger partial charge in [-0.05, 0) is 91.4 Å². The number of ketones is 2. The van der Waals surface area contributed by atoms with E-state index in [0.29, 0.717) is 22.7 Å². The van der Waals surface area contributed by atoms with Crippen molar-refractivity contribution in [3.05, 3.63) is 95.6 Å². The zero-order valence-electron chi connectivity index (χ0n) is 23.3. The molecule has 2 amide bonds. The molecule has 2 aliphatic rings. The fourth-order valence-corrected chi connectivity index (χ4v) is 3.53. The van der Waals surface area contributed by atoms with Gasteiger partial charge in [0.05, 0.1) is 34.7 Å². The fourth-order valence-electron chi connectivity index (χ4n) is 3.53. The summed E-state index contributed by atoms with van der Waals surface area (Å²) in [6.07, 6.45) is 6.12. The van der Waals surface area contributed by atoms with Crippen molar-refractivity contribution in [3.8, 4) is 0 Å². The summed E-state index contributed by atoms with van der Waals surface area (Å²) in [6, 6.07) is 12.5. The molecule has 0 saturated heterocycles. The fraction of sp³-hybridized carbons (Fsp3) is 0.0357. The van der Waals surface area contributed by atoms with E-state index in [1.165, 1.54) is 19.1 Å². The summed E-state index contributed by atoms with van der Waals surface area (Å²) in [6.45, 7) is 1.48. The number of hydrogen-bond acceptors (Lipinski definition) is 11. The minimum absolute atomic E-state index is 0. The largest absolute Gasteiger partial charge is 1.00 e. The van der Waals surface area contributed by atoms with E-state index in [4.69, 9.17) is 0 Å². The number of urea groups is 1. The number of nitrogens with zero attached hydrogens (tertiary/aromatic N) is 2. The molecule has 0 radical (unpaired) electrons. The van der Waals surface area contributed by atoms with Crippen molar-refractivity contribution in [2.75, 3.05) is 21.5 Å². The molecule has 4 N–H and O–H groups in total. The molecule has 0 heterocycles. The number of amides is 2. The maximum atomic E-state index is 12.4. The summed E-state index contributed by atoms with van der Waals surface area (Å²) >= 11 is 0. The summed E-state index contributed by atoms with van der Waals surface area (Å²) in [5.41, 5.74) is 7.25. The van der Waals surface area contributed by atoms with E-state index in [1.807, 2.05) is 0 Å². The molecule has 0 unspecified atom stereocenters. The minimum atomic E-state index is -1.58. The molecule has 0 aliphatic heterocycles. The number of carboxylic acid groups (broad SMARTS) is 2. The molecule has 43 heavy (non-hydrogen) atoms. The van der Waals surface area contributed by atoms with Gasteiger partial charge in [-0.25, -0.2) is 4.79 Å². The van der Waals surface area contributed by atoms with E-state index in [9.17, 15) is 34.2 Å². The third-order valence-electron chi connectivity index (χ3n) is 5.58. The number of aliphatic carboxylic acids is 2. The Balaban J connectivity index is 0.00000323.